The quantitative estimate of drug-likeness (QED) is 0.384. The highest BCUT2D eigenvalue weighted by Gasteiger charge is 2.48. The maximum atomic E-state index is 14.4. The average molecular weight is 636 g/mol. The molecule has 0 spiro atoms. The highest BCUT2D eigenvalue weighted by molar-refractivity contribution is 7.92. The number of sulfonamides is 1. The molecular weight excluding hydrogens is 594 g/mol. The van der Waals surface area contributed by atoms with E-state index in [2.05, 4.69) is 40.8 Å². The van der Waals surface area contributed by atoms with Crippen molar-refractivity contribution in [1.29, 1.82) is 0 Å². The summed E-state index contributed by atoms with van der Waals surface area (Å²) in [6.07, 6.45) is 1.03. The van der Waals surface area contributed by atoms with Gasteiger partial charge in [0.15, 0.2) is 0 Å². The van der Waals surface area contributed by atoms with E-state index in [4.69, 9.17) is 9.47 Å². The fourth-order valence-electron chi connectivity index (χ4n) is 6.35. The molecule has 2 heterocycles. The van der Waals surface area contributed by atoms with E-state index < -0.39 is 27.7 Å². The van der Waals surface area contributed by atoms with Crippen molar-refractivity contribution in [3.8, 4) is 17.1 Å². The maximum Gasteiger partial charge on any atom is 0.407 e. The number of methoxy groups -OCH3 is 1. The lowest BCUT2D eigenvalue weighted by Crippen LogP contribution is -2.65. The summed E-state index contributed by atoms with van der Waals surface area (Å²) in [7, 11) is -2.86. The third-order valence-electron chi connectivity index (χ3n) is 8.31. The van der Waals surface area contributed by atoms with Crippen LogP contribution in [0, 0.1) is 19.3 Å². The number of hydrogen-bond donors (Lipinski definition) is 2. The number of anilines is 1. The number of carbonyl (C=O) groups excluding carboxylic acids is 2. The highest BCUT2D eigenvalue weighted by atomic mass is 32.2. The number of nitrogens with zero attached hydrogens (tertiary/aromatic N) is 3. The monoisotopic (exact) mass is 635 g/mol. The van der Waals surface area contributed by atoms with E-state index in [1.54, 1.807) is 23.1 Å². The van der Waals surface area contributed by atoms with Gasteiger partial charge in [0.25, 0.3) is 15.9 Å². The van der Waals surface area contributed by atoms with Gasteiger partial charge in [0.1, 0.15) is 6.61 Å². The third kappa shape index (κ3) is 7.06. The lowest BCUT2D eigenvalue weighted by molar-refractivity contribution is -0.00156. The molecule has 12 heteroatoms. The minimum atomic E-state index is -4.17. The van der Waals surface area contributed by atoms with Crippen molar-refractivity contribution >= 4 is 28.0 Å². The van der Waals surface area contributed by atoms with Gasteiger partial charge >= 0.3 is 6.09 Å². The Morgan fingerprint density at radius 3 is 2.42 bits per heavy atom. The van der Waals surface area contributed by atoms with Gasteiger partial charge in [-0.15, -0.1) is 0 Å². The van der Waals surface area contributed by atoms with Gasteiger partial charge in [0.2, 0.25) is 11.8 Å². The first-order valence-electron chi connectivity index (χ1n) is 15.0. The van der Waals surface area contributed by atoms with Crippen molar-refractivity contribution in [1.82, 2.24) is 20.2 Å². The molecular formula is C33H41N5O6S. The average Bonchev–Trinajstić information content (AvgIpc) is 2.93. The van der Waals surface area contributed by atoms with Crippen LogP contribution in [-0.4, -0.2) is 66.6 Å². The molecule has 3 aromatic rings. The zero-order chi connectivity index (χ0) is 32.7. The lowest BCUT2D eigenvalue weighted by atomic mass is 9.72. The van der Waals surface area contributed by atoms with Crippen LogP contribution in [0.3, 0.4) is 0 Å². The second-order valence-corrected chi connectivity index (χ2v) is 15.2. The molecule has 4 bridgehead atoms. The molecule has 1 aromatic heterocycles. The topological polar surface area (TPSA) is 140 Å². The van der Waals surface area contributed by atoms with Gasteiger partial charge in [-0.05, 0) is 74.8 Å². The number of aryl methyl sites for hydroxylation is 2. The van der Waals surface area contributed by atoms with Gasteiger partial charge in [-0.1, -0.05) is 45.0 Å². The summed E-state index contributed by atoms with van der Waals surface area (Å²) in [5.74, 6) is -0.263. The number of nitrogens with one attached hydrogen (secondary N) is 2. The third-order valence-corrected chi connectivity index (χ3v) is 9.64. The minimum absolute atomic E-state index is 0.0886. The number of alkyl carbamates (subject to hydrolysis) is 1. The zero-order valence-corrected chi connectivity index (χ0v) is 27.6. The standard InChI is InChI=1S/C33H41N5O6S/c1-20-10-8-11-21(2)28(20)26-15-27-35-30(34-26)37-45(41,42)25-13-9-12-22(14-25)29(39)38(24(19-44-27)16-32(3,4)5)23-17-33(6,18-23)36-31(40)43-7/h8-15,23-24H,16-19H2,1-7H3,(H,36,40)(H,34,35,37)/t23?,24-,33?/m1/s1. The number of ether oxygens (including phenoxy) is 2. The molecule has 2 amide bonds. The largest absolute Gasteiger partial charge is 0.475 e. The maximum absolute atomic E-state index is 14.4. The predicted molar refractivity (Wildman–Crippen MR) is 171 cm³/mol. The van der Waals surface area contributed by atoms with E-state index >= 15 is 0 Å². The van der Waals surface area contributed by atoms with E-state index in [0.29, 0.717) is 25.0 Å². The van der Waals surface area contributed by atoms with Crippen LogP contribution in [0.15, 0.2) is 53.4 Å². The Balaban J connectivity index is 1.63. The number of benzene rings is 2. The van der Waals surface area contributed by atoms with Crippen LogP contribution < -0.4 is 14.8 Å². The molecule has 0 unspecified atom stereocenters. The number of carbonyl (C=O) groups is 2. The Morgan fingerprint density at radius 1 is 1.11 bits per heavy atom. The number of hydrogen-bond acceptors (Lipinski definition) is 8. The smallest absolute Gasteiger partial charge is 0.407 e. The van der Waals surface area contributed by atoms with Gasteiger partial charge in [0.05, 0.1) is 23.7 Å². The Labute approximate surface area is 264 Å². The number of amides is 2. The molecule has 11 nitrogen and oxygen atoms in total. The van der Waals surface area contributed by atoms with Crippen molar-refractivity contribution < 1.29 is 27.5 Å². The fourth-order valence-corrected chi connectivity index (χ4v) is 7.34. The summed E-state index contributed by atoms with van der Waals surface area (Å²) < 4.78 is 40.9. The van der Waals surface area contributed by atoms with Crippen LogP contribution >= 0.6 is 0 Å². The van der Waals surface area contributed by atoms with Crippen LogP contribution in [0.4, 0.5) is 10.7 Å². The van der Waals surface area contributed by atoms with Crippen molar-refractivity contribution in [2.75, 3.05) is 18.4 Å². The Kier molecular flexibility index (Phi) is 8.56. The van der Waals surface area contributed by atoms with Gasteiger partial charge in [-0.25, -0.2) is 22.9 Å². The van der Waals surface area contributed by atoms with E-state index in [1.807, 2.05) is 39.0 Å². The Hall–Kier alpha value is -4.19. The van der Waals surface area contributed by atoms with Crippen LogP contribution in [0.5, 0.6) is 5.88 Å². The molecule has 1 fully saturated rings. The summed E-state index contributed by atoms with van der Waals surface area (Å²) in [6.45, 7) is 12.2. The summed E-state index contributed by atoms with van der Waals surface area (Å²) in [4.78, 5) is 37.1. The van der Waals surface area contributed by atoms with Gasteiger partial charge in [0, 0.05) is 28.8 Å². The van der Waals surface area contributed by atoms with Crippen LogP contribution in [0.25, 0.3) is 11.3 Å². The Bertz CT molecular complexity index is 1710. The second-order valence-electron chi connectivity index (χ2n) is 13.5. The van der Waals surface area contributed by atoms with E-state index in [1.165, 1.54) is 19.2 Å². The summed E-state index contributed by atoms with van der Waals surface area (Å²) in [5, 5.41) is 2.88. The second kappa shape index (κ2) is 12.0. The summed E-state index contributed by atoms with van der Waals surface area (Å²) in [5.41, 5.74) is 2.78. The van der Waals surface area contributed by atoms with Crippen molar-refractivity contribution in [3.63, 3.8) is 0 Å². The van der Waals surface area contributed by atoms with Crippen LogP contribution in [0.2, 0.25) is 0 Å². The van der Waals surface area contributed by atoms with Crippen LogP contribution in [-0.2, 0) is 14.8 Å². The first-order chi connectivity index (χ1) is 21.1. The molecule has 1 aliphatic carbocycles. The molecule has 1 saturated carbocycles. The van der Waals surface area contributed by atoms with E-state index in [0.717, 1.165) is 16.7 Å². The normalized spacial score (nSPS) is 22.8. The van der Waals surface area contributed by atoms with Crippen molar-refractivity contribution in [3.05, 3.63) is 65.2 Å². The van der Waals surface area contributed by atoms with E-state index in [-0.39, 0.29) is 46.3 Å². The molecule has 1 atom stereocenters. The van der Waals surface area contributed by atoms with Crippen LogP contribution in [0.1, 0.15) is 68.4 Å². The zero-order valence-electron chi connectivity index (χ0n) is 26.8. The number of aromatic nitrogens is 2. The molecule has 5 rings (SSSR count). The molecule has 240 valence electrons. The molecule has 0 saturated heterocycles. The minimum Gasteiger partial charge on any atom is -0.475 e. The number of fused-ring (bicyclic) bond motifs is 4. The molecule has 1 aliphatic heterocycles. The van der Waals surface area contributed by atoms with Crippen molar-refractivity contribution in [2.24, 2.45) is 5.41 Å². The van der Waals surface area contributed by atoms with Gasteiger partial charge < -0.3 is 19.7 Å². The van der Waals surface area contributed by atoms with Crippen molar-refractivity contribution in [2.45, 2.75) is 83.3 Å². The fraction of sp³-hybridized carbons (Fsp3) is 0.455. The lowest BCUT2D eigenvalue weighted by Gasteiger charge is -2.52. The molecule has 2 aromatic carbocycles. The number of rotatable bonds is 4. The molecule has 45 heavy (non-hydrogen) atoms. The van der Waals surface area contributed by atoms with E-state index in [9.17, 15) is 18.0 Å². The highest BCUT2D eigenvalue weighted by Crippen LogP contribution is 2.40. The van der Waals surface area contributed by atoms with Gasteiger partial charge in [-0.2, -0.15) is 4.98 Å². The SMILES string of the molecule is COC(=O)NC1(C)CC(N2C(=O)c3cccc(c3)S(=O)(=O)Nc3nc(cc(-c4c(C)cccc4C)n3)OC[C@H]2CC(C)(C)C)C1. The molecule has 2 N–H and O–H groups in total. The summed E-state index contributed by atoms with van der Waals surface area (Å²) in [6, 6.07) is 12.9. The molecule has 0 radical (unpaired) electrons. The Morgan fingerprint density at radius 2 is 1.78 bits per heavy atom. The van der Waals surface area contributed by atoms with Gasteiger partial charge in [-0.3, -0.25) is 4.79 Å². The molecule has 2 aliphatic rings. The first kappa shape index (κ1) is 32.2. The summed E-state index contributed by atoms with van der Waals surface area (Å²) >= 11 is 0. The first-order valence-corrected chi connectivity index (χ1v) is 16.5. The predicted octanol–water partition coefficient (Wildman–Crippen LogP) is 5.48.